The van der Waals surface area contributed by atoms with Crippen molar-refractivity contribution < 1.29 is 9.13 Å². The first-order valence-electron chi connectivity index (χ1n) is 6.75. The number of nitrogens with one attached hydrogen (secondary N) is 1. The van der Waals surface area contributed by atoms with E-state index in [2.05, 4.69) is 21.2 Å². The average Bonchev–Trinajstić information content (AvgIpc) is 2.36. The third kappa shape index (κ3) is 3.56. The maximum absolute atomic E-state index is 13.2. The Balaban J connectivity index is 2.00. The van der Waals surface area contributed by atoms with E-state index in [-0.39, 0.29) is 11.4 Å². The first kappa shape index (κ1) is 14.9. The number of ether oxygens (including phenoxy) is 1. The van der Waals surface area contributed by atoms with E-state index in [1.807, 2.05) is 19.2 Å². The van der Waals surface area contributed by atoms with Gasteiger partial charge in [-0.3, -0.25) is 0 Å². The van der Waals surface area contributed by atoms with Crippen LogP contribution < -0.4 is 5.32 Å². The Morgan fingerprint density at radius 1 is 1.47 bits per heavy atom. The highest BCUT2D eigenvalue weighted by molar-refractivity contribution is 9.10. The fourth-order valence-corrected chi connectivity index (χ4v) is 3.17. The molecule has 0 amide bonds. The van der Waals surface area contributed by atoms with E-state index < -0.39 is 0 Å². The normalized spacial score (nSPS) is 18.9. The number of likely N-dealkylation sites (N-methyl/N-ethyl adjacent to an activating group) is 1. The van der Waals surface area contributed by atoms with Gasteiger partial charge in [0.15, 0.2) is 0 Å². The Labute approximate surface area is 122 Å². The van der Waals surface area contributed by atoms with Crippen molar-refractivity contribution in [2.24, 2.45) is 0 Å². The minimum absolute atomic E-state index is 0.0605. The largest absolute Gasteiger partial charge is 0.378 e. The van der Waals surface area contributed by atoms with Gasteiger partial charge >= 0.3 is 0 Å². The van der Waals surface area contributed by atoms with Crippen LogP contribution in [-0.4, -0.2) is 25.8 Å². The first-order valence-corrected chi connectivity index (χ1v) is 7.54. The molecule has 0 saturated heterocycles. The molecule has 1 saturated carbocycles. The molecule has 1 fully saturated rings. The molecule has 1 unspecified atom stereocenters. The van der Waals surface area contributed by atoms with Crippen LogP contribution in [0.4, 0.5) is 4.39 Å². The van der Waals surface area contributed by atoms with Gasteiger partial charge in [-0.15, -0.1) is 0 Å². The lowest BCUT2D eigenvalue weighted by Gasteiger charge is -2.42. The predicted octanol–water partition coefficient (Wildman–Crippen LogP) is 3.68. The number of rotatable bonds is 6. The van der Waals surface area contributed by atoms with Gasteiger partial charge in [-0.05, 0) is 72.8 Å². The van der Waals surface area contributed by atoms with E-state index in [1.54, 1.807) is 7.11 Å². The van der Waals surface area contributed by atoms with Gasteiger partial charge in [0, 0.05) is 13.2 Å². The summed E-state index contributed by atoms with van der Waals surface area (Å²) in [6, 6.07) is 5.59. The van der Waals surface area contributed by atoms with E-state index in [9.17, 15) is 4.39 Å². The molecule has 1 aliphatic carbocycles. The molecule has 19 heavy (non-hydrogen) atoms. The molecule has 2 nitrogen and oxygen atoms in total. The minimum Gasteiger partial charge on any atom is -0.378 e. The predicted molar refractivity (Wildman–Crippen MR) is 78.9 cm³/mol. The van der Waals surface area contributed by atoms with E-state index in [1.165, 1.54) is 12.5 Å². The highest BCUT2D eigenvalue weighted by Gasteiger charge is 2.38. The van der Waals surface area contributed by atoms with Crippen molar-refractivity contribution in [3.05, 3.63) is 34.1 Å². The van der Waals surface area contributed by atoms with E-state index in [0.717, 1.165) is 31.2 Å². The zero-order valence-corrected chi connectivity index (χ0v) is 13.1. The molecule has 2 rings (SSSR count). The maximum Gasteiger partial charge on any atom is 0.137 e. The summed E-state index contributed by atoms with van der Waals surface area (Å²) in [4.78, 5) is 0. The molecule has 1 aliphatic rings. The van der Waals surface area contributed by atoms with Crippen LogP contribution in [0.1, 0.15) is 31.2 Å². The van der Waals surface area contributed by atoms with Crippen LogP contribution >= 0.6 is 15.9 Å². The summed E-state index contributed by atoms with van der Waals surface area (Å²) in [7, 11) is 3.78. The summed E-state index contributed by atoms with van der Waals surface area (Å²) < 4.78 is 19.4. The van der Waals surface area contributed by atoms with Gasteiger partial charge in [0.25, 0.3) is 0 Å². The van der Waals surface area contributed by atoms with Crippen LogP contribution in [0.15, 0.2) is 22.7 Å². The van der Waals surface area contributed by atoms with E-state index in [0.29, 0.717) is 10.5 Å². The molecular formula is C15H21BrFNO. The number of hydrogen-bond donors (Lipinski definition) is 1. The molecule has 106 valence electrons. The van der Waals surface area contributed by atoms with E-state index >= 15 is 0 Å². The zero-order chi connectivity index (χ0) is 13.9. The third-order valence-corrected chi connectivity index (χ3v) is 4.80. The highest BCUT2D eigenvalue weighted by atomic mass is 79.9. The number of halogens is 2. The summed E-state index contributed by atoms with van der Waals surface area (Å²) in [5, 5.41) is 3.35. The Bertz CT molecular complexity index is 429. The quantitative estimate of drug-likeness (QED) is 0.859. The second-order valence-electron chi connectivity index (χ2n) is 5.38. The molecule has 0 bridgehead atoms. The molecule has 0 spiro atoms. The van der Waals surface area contributed by atoms with E-state index in [4.69, 9.17) is 4.74 Å². The molecule has 1 atom stereocenters. The molecule has 1 aromatic carbocycles. The Hall–Kier alpha value is -0.450. The van der Waals surface area contributed by atoms with Gasteiger partial charge < -0.3 is 10.1 Å². The summed E-state index contributed by atoms with van der Waals surface area (Å²) in [5.74, 6) is -0.211. The summed E-state index contributed by atoms with van der Waals surface area (Å²) in [6.07, 6.45) is 5.45. The fourth-order valence-electron chi connectivity index (χ4n) is 2.74. The lowest BCUT2D eigenvalue weighted by Crippen LogP contribution is -2.45. The lowest BCUT2D eigenvalue weighted by molar-refractivity contribution is -0.0830. The Morgan fingerprint density at radius 2 is 2.21 bits per heavy atom. The van der Waals surface area contributed by atoms with Crippen LogP contribution in [0, 0.1) is 5.82 Å². The Kier molecular flexibility index (Phi) is 4.98. The lowest BCUT2D eigenvalue weighted by atomic mass is 9.75. The van der Waals surface area contributed by atoms with Crippen molar-refractivity contribution in [2.75, 3.05) is 14.2 Å². The number of methoxy groups -OCH3 is 1. The molecule has 4 heteroatoms. The fraction of sp³-hybridized carbons (Fsp3) is 0.600. The van der Waals surface area contributed by atoms with Crippen LogP contribution in [0.3, 0.4) is 0 Å². The van der Waals surface area contributed by atoms with Crippen molar-refractivity contribution in [1.29, 1.82) is 0 Å². The summed E-state index contributed by atoms with van der Waals surface area (Å²) >= 11 is 3.24. The van der Waals surface area contributed by atoms with Crippen molar-refractivity contribution in [2.45, 2.75) is 43.7 Å². The monoisotopic (exact) mass is 329 g/mol. The average molecular weight is 330 g/mol. The van der Waals surface area contributed by atoms with Gasteiger partial charge in [-0.25, -0.2) is 4.39 Å². The van der Waals surface area contributed by atoms with Crippen LogP contribution in [-0.2, 0) is 11.2 Å². The SMILES string of the molecule is CNC(Cc1ccc(F)c(Br)c1)CC1(OC)CCC1. The van der Waals surface area contributed by atoms with Gasteiger partial charge in [-0.1, -0.05) is 6.07 Å². The summed E-state index contributed by atoms with van der Waals surface area (Å²) in [5.41, 5.74) is 1.20. The second-order valence-corrected chi connectivity index (χ2v) is 6.24. The number of hydrogen-bond acceptors (Lipinski definition) is 2. The highest BCUT2D eigenvalue weighted by Crippen LogP contribution is 2.39. The van der Waals surface area contributed by atoms with Crippen molar-refractivity contribution in [3.63, 3.8) is 0 Å². The topological polar surface area (TPSA) is 21.3 Å². The standard InChI is InChI=1S/C15H21BrFNO/c1-18-12(10-15(19-2)6-3-7-15)8-11-4-5-14(17)13(16)9-11/h4-5,9,12,18H,3,6-8,10H2,1-2H3. The Morgan fingerprint density at radius 3 is 2.68 bits per heavy atom. The van der Waals surface area contributed by atoms with Gasteiger partial charge in [-0.2, -0.15) is 0 Å². The molecule has 0 aliphatic heterocycles. The molecule has 0 heterocycles. The third-order valence-electron chi connectivity index (χ3n) is 4.19. The molecule has 1 N–H and O–H groups in total. The number of benzene rings is 1. The van der Waals surface area contributed by atoms with Gasteiger partial charge in [0.2, 0.25) is 0 Å². The van der Waals surface area contributed by atoms with Crippen molar-refractivity contribution in [1.82, 2.24) is 5.32 Å². The molecular weight excluding hydrogens is 309 g/mol. The zero-order valence-electron chi connectivity index (χ0n) is 11.5. The molecule has 1 aromatic rings. The van der Waals surface area contributed by atoms with Crippen molar-refractivity contribution >= 4 is 15.9 Å². The van der Waals surface area contributed by atoms with Crippen LogP contribution in [0.25, 0.3) is 0 Å². The molecule has 0 radical (unpaired) electrons. The summed E-state index contributed by atoms with van der Waals surface area (Å²) in [6.45, 7) is 0. The minimum atomic E-state index is -0.211. The smallest absolute Gasteiger partial charge is 0.137 e. The van der Waals surface area contributed by atoms with Gasteiger partial charge in [0.1, 0.15) is 5.82 Å². The van der Waals surface area contributed by atoms with Crippen LogP contribution in [0.5, 0.6) is 0 Å². The second kappa shape index (κ2) is 6.33. The van der Waals surface area contributed by atoms with Crippen LogP contribution in [0.2, 0.25) is 0 Å². The van der Waals surface area contributed by atoms with Gasteiger partial charge in [0.05, 0.1) is 10.1 Å². The first-order chi connectivity index (χ1) is 9.08. The maximum atomic E-state index is 13.2. The van der Waals surface area contributed by atoms with Crippen molar-refractivity contribution in [3.8, 4) is 0 Å². The molecule has 0 aromatic heterocycles.